The number of nitrogens with one attached hydrogen (secondary N) is 2. The fourth-order valence-corrected chi connectivity index (χ4v) is 1.86. The molecule has 0 spiro atoms. The number of H-pyrrole nitrogens is 1. The van der Waals surface area contributed by atoms with Gasteiger partial charge in [0, 0.05) is 6.07 Å². The molecule has 104 valence electrons. The Morgan fingerprint density at radius 2 is 2.25 bits per heavy atom. The molecule has 1 aromatic heterocycles. The van der Waals surface area contributed by atoms with Crippen molar-refractivity contribution in [3.05, 3.63) is 51.6 Å². The lowest BCUT2D eigenvalue weighted by Crippen LogP contribution is -2.28. The number of nitrogens with zero attached hydrogens (tertiary/aromatic N) is 3. The van der Waals surface area contributed by atoms with Crippen molar-refractivity contribution in [3.8, 4) is 0 Å². The van der Waals surface area contributed by atoms with Crippen LogP contribution in [0.15, 0.2) is 24.5 Å². The van der Waals surface area contributed by atoms with Crippen molar-refractivity contribution in [2.45, 2.75) is 19.9 Å². The Balaban J connectivity index is 2.28. The SMILES string of the molecule is Cc1cccc([N+](=O)[O-])c1C(=O)NC(C)c1ncn[nH]1. The maximum Gasteiger partial charge on any atom is 0.282 e. The second-order valence-corrected chi connectivity index (χ2v) is 4.29. The van der Waals surface area contributed by atoms with E-state index in [0.29, 0.717) is 11.4 Å². The molecule has 1 unspecified atom stereocenters. The lowest BCUT2D eigenvalue weighted by molar-refractivity contribution is -0.385. The zero-order chi connectivity index (χ0) is 14.7. The number of hydrogen-bond acceptors (Lipinski definition) is 5. The molecule has 8 nitrogen and oxygen atoms in total. The van der Waals surface area contributed by atoms with Gasteiger partial charge < -0.3 is 5.32 Å². The predicted molar refractivity (Wildman–Crippen MR) is 70.1 cm³/mol. The fourth-order valence-electron chi connectivity index (χ4n) is 1.86. The quantitative estimate of drug-likeness (QED) is 0.648. The highest BCUT2D eigenvalue weighted by molar-refractivity contribution is 5.99. The third-order valence-corrected chi connectivity index (χ3v) is 2.87. The van der Waals surface area contributed by atoms with Gasteiger partial charge in [0.15, 0.2) is 0 Å². The summed E-state index contributed by atoms with van der Waals surface area (Å²) >= 11 is 0. The lowest BCUT2D eigenvalue weighted by Gasteiger charge is -2.12. The van der Waals surface area contributed by atoms with Gasteiger partial charge in [-0.25, -0.2) is 4.98 Å². The molecule has 1 heterocycles. The Bertz CT molecular complexity index is 639. The second-order valence-electron chi connectivity index (χ2n) is 4.29. The number of rotatable bonds is 4. The number of aromatic amines is 1. The Morgan fingerprint density at radius 3 is 2.85 bits per heavy atom. The maximum atomic E-state index is 12.2. The number of benzene rings is 1. The van der Waals surface area contributed by atoms with Crippen LogP contribution in [-0.2, 0) is 0 Å². The smallest absolute Gasteiger partial charge is 0.282 e. The standard InChI is InChI=1S/C12H13N5O3/c1-7-4-3-5-9(17(19)20)10(7)12(18)15-8(2)11-13-6-14-16-11/h3-6,8H,1-2H3,(H,15,18)(H,13,14,16). The van der Waals surface area contributed by atoms with Gasteiger partial charge in [0.05, 0.1) is 11.0 Å². The minimum Gasteiger partial charge on any atom is -0.342 e. The summed E-state index contributed by atoms with van der Waals surface area (Å²) in [6.07, 6.45) is 1.33. The molecule has 1 aromatic carbocycles. The second kappa shape index (κ2) is 5.47. The number of nitro groups is 1. The molecule has 1 amide bonds. The van der Waals surface area contributed by atoms with Crippen LogP contribution in [0.25, 0.3) is 0 Å². The number of aryl methyl sites for hydroxylation is 1. The van der Waals surface area contributed by atoms with Gasteiger partial charge in [-0.2, -0.15) is 5.10 Å². The summed E-state index contributed by atoms with van der Waals surface area (Å²) in [4.78, 5) is 26.6. The van der Waals surface area contributed by atoms with Crippen LogP contribution in [0, 0.1) is 17.0 Å². The van der Waals surface area contributed by atoms with Gasteiger partial charge in [0.25, 0.3) is 11.6 Å². The molecule has 0 bridgehead atoms. The van der Waals surface area contributed by atoms with Crippen LogP contribution in [0.1, 0.15) is 34.7 Å². The highest BCUT2D eigenvalue weighted by atomic mass is 16.6. The van der Waals surface area contributed by atoms with E-state index in [1.54, 1.807) is 26.0 Å². The van der Waals surface area contributed by atoms with E-state index in [0.717, 1.165) is 0 Å². The van der Waals surface area contributed by atoms with Gasteiger partial charge in [-0.15, -0.1) is 0 Å². The van der Waals surface area contributed by atoms with E-state index in [4.69, 9.17) is 0 Å². The van der Waals surface area contributed by atoms with Crippen molar-refractivity contribution in [1.82, 2.24) is 20.5 Å². The van der Waals surface area contributed by atoms with Crippen LogP contribution in [0.5, 0.6) is 0 Å². The minimum absolute atomic E-state index is 0.0591. The fraction of sp³-hybridized carbons (Fsp3) is 0.250. The Kier molecular flexibility index (Phi) is 3.74. The van der Waals surface area contributed by atoms with Crippen molar-refractivity contribution < 1.29 is 9.72 Å². The molecular weight excluding hydrogens is 262 g/mol. The first-order valence-electron chi connectivity index (χ1n) is 5.91. The van der Waals surface area contributed by atoms with Gasteiger partial charge in [-0.3, -0.25) is 20.0 Å². The van der Waals surface area contributed by atoms with E-state index in [1.807, 2.05) is 0 Å². The van der Waals surface area contributed by atoms with Crippen LogP contribution >= 0.6 is 0 Å². The van der Waals surface area contributed by atoms with E-state index in [2.05, 4.69) is 20.5 Å². The molecule has 0 saturated carbocycles. The summed E-state index contributed by atoms with van der Waals surface area (Å²) in [6, 6.07) is 4.08. The van der Waals surface area contributed by atoms with Crippen molar-refractivity contribution in [2.24, 2.45) is 0 Å². The minimum atomic E-state index is -0.568. The molecular formula is C12H13N5O3. The Morgan fingerprint density at radius 1 is 1.50 bits per heavy atom. The number of hydrogen-bond donors (Lipinski definition) is 2. The summed E-state index contributed by atoms with van der Waals surface area (Å²) in [5.41, 5.74) is 0.387. The molecule has 0 radical (unpaired) electrons. The van der Waals surface area contributed by atoms with Crippen LogP contribution in [-0.4, -0.2) is 26.0 Å². The zero-order valence-corrected chi connectivity index (χ0v) is 11.0. The van der Waals surface area contributed by atoms with Gasteiger partial charge in [-0.1, -0.05) is 12.1 Å². The van der Waals surface area contributed by atoms with Gasteiger partial charge in [0.2, 0.25) is 0 Å². The molecule has 1 atom stereocenters. The van der Waals surface area contributed by atoms with Gasteiger partial charge in [0.1, 0.15) is 17.7 Å². The summed E-state index contributed by atoms with van der Waals surface area (Å²) in [5, 5.41) is 20.0. The highest BCUT2D eigenvalue weighted by Gasteiger charge is 2.23. The van der Waals surface area contributed by atoms with E-state index in [9.17, 15) is 14.9 Å². The number of nitro benzene ring substituents is 1. The van der Waals surface area contributed by atoms with Crippen molar-refractivity contribution >= 4 is 11.6 Å². The molecule has 20 heavy (non-hydrogen) atoms. The molecule has 2 N–H and O–H groups in total. The highest BCUT2D eigenvalue weighted by Crippen LogP contribution is 2.22. The first kappa shape index (κ1) is 13.7. The molecule has 0 aliphatic rings. The average Bonchev–Trinajstić information content (AvgIpc) is 2.91. The molecule has 8 heteroatoms. The van der Waals surface area contributed by atoms with Crippen LogP contribution < -0.4 is 5.32 Å². The summed E-state index contributed by atoms with van der Waals surface area (Å²) in [7, 11) is 0. The third-order valence-electron chi connectivity index (χ3n) is 2.87. The Labute approximate surface area is 114 Å². The number of carbonyl (C=O) groups excluding carboxylic acids is 1. The van der Waals surface area contributed by atoms with Gasteiger partial charge >= 0.3 is 0 Å². The van der Waals surface area contributed by atoms with Crippen molar-refractivity contribution in [3.63, 3.8) is 0 Å². The van der Waals surface area contributed by atoms with E-state index in [-0.39, 0.29) is 11.3 Å². The van der Waals surface area contributed by atoms with Crippen LogP contribution in [0.3, 0.4) is 0 Å². The number of carbonyl (C=O) groups is 1. The number of aromatic nitrogens is 3. The summed E-state index contributed by atoms with van der Waals surface area (Å²) in [5.74, 6) is -0.0340. The van der Waals surface area contributed by atoms with Crippen molar-refractivity contribution in [1.29, 1.82) is 0 Å². The lowest BCUT2D eigenvalue weighted by atomic mass is 10.1. The molecule has 2 rings (SSSR count). The molecule has 0 aliphatic carbocycles. The van der Waals surface area contributed by atoms with Crippen molar-refractivity contribution in [2.75, 3.05) is 0 Å². The third kappa shape index (κ3) is 2.63. The largest absolute Gasteiger partial charge is 0.342 e. The topological polar surface area (TPSA) is 114 Å². The normalized spacial score (nSPS) is 11.9. The predicted octanol–water partition coefficient (Wildman–Crippen LogP) is 1.51. The molecule has 0 fully saturated rings. The summed E-state index contributed by atoms with van der Waals surface area (Å²) < 4.78 is 0. The first-order valence-corrected chi connectivity index (χ1v) is 5.91. The van der Waals surface area contributed by atoms with Crippen LogP contribution in [0.4, 0.5) is 5.69 Å². The molecule has 0 aliphatic heterocycles. The van der Waals surface area contributed by atoms with Gasteiger partial charge in [-0.05, 0) is 19.4 Å². The van der Waals surface area contributed by atoms with E-state index >= 15 is 0 Å². The maximum absolute atomic E-state index is 12.2. The van der Waals surface area contributed by atoms with E-state index < -0.39 is 16.9 Å². The molecule has 2 aromatic rings. The zero-order valence-electron chi connectivity index (χ0n) is 11.0. The average molecular weight is 275 g/mol. The summed E-state index contributed by atoms with van der Waals surface area (Å²) in [6.45, 7) is 3.36. The Hall–Kier alpha value is -2.77. The first-order chi connectivity index (χ1) is 9.50. The van der Waals surface area contributed by atoms with E-state index in [1.165, 1.54) is 12.4 Å². The number of amides is 1. The monoisotopic (exact) mass is 275 g/mol. The molecule has 0 saturated heterocycles. The van der Waals surface area contributed by atoms with Crippen LogP contribution in [0.2, 0.25) is 0 Å².